The smallest absolute Gasteiger partial charge is 0.379 e. The fraction of sp³-hybridized carbons (Fsp3) is 0.286. The average Bonchev–Trinajstić information content (AvgIpc) is 2.38. The van der Waals surface area contributed by atoms with Gasteiger partial charge in [0.25, 0.3) is 5.78 Å². The van der Waals surface area contributed by atoms with Gasteiger partial charge in [-0.05, 0) is 12.8 Å². The number of Topliss-reactive ketones (excluding diaryl/α,β-unsaturated/α-hetero) is 1. The van der Waals surface area contributed by atoms with Gasteiger partial charge in [0.1, 0.15) is 0 Å². The largest absolute Gasteiger partial charge is 0.459 e. The molecule has 0 aliphatic rings. The fourth-order valence-corrected chi connectivity index (χ4v) is 1.28. The van der Waals surface area contributed by atoms with Gasteiger partial charge >= 0.3 is 5.97 Å². The number of carbonyl (C=O) groups excluding carboxylic acids is 2. The summed E-state index contributed by atoms with van der Waals surface area (Å²) in [6.07, 6.45) is 5.52. The minimum absolute atomic E-state index is 0.244. The van der Waals surface area contributed by atoms with Crippen LogP contribution in [0.25, 0.3) is 0 Å². The maximum absolute atomic E-state index is 11.6. The lowest BCUT2D eigenvalue weighted by molar-refractivity contribution is -0.137. The van der Waals surface area contributed by atoms with Crippen molar-refractivity contribution in [3.05, 3.63) is 48.0 Å². The van der Waals surface area contributed by atoms with Crippen LogP contribution in [0.4, 0.5) is 0 Å². The summed E-state index contributed by atoms with van der Waals surface area (Å²) in [7, 11) is 0. The molecule has 3 nitrogen and oxygen atoms in total. The molecule has 0 N–H and O–H groups in total. The number of allylic oxidation sites excluding steroid dienone is 1. The van der Waals surface area contributed by atoms with E-state index >= 15 is 0 Å². The third kappa shape index (κ3) is 4.64. The van der Waals surface area contributed by atoms with Crippen molar-refractivity contribution in [3.63, 3.8) is 0 Å². The van der Waals surface area contributed by atoms with Crippen LogP contribution >= 0.6 is 0 Å². The topological polar surface area (TPSA) is 43.4 Å². The Bertz CT molecular complexity index is 393. The molecule has 0 aliphatic carbocycles. The molecule has 1 aromatic rings. The molecule has 0 fully saturated rings. The quantitative estimate of drug-likeness (QED) is 0.249. The van der Waals surface area contributed by atoms with Crippen LogP contribution in [-0.4, -0.2) is 18.4 Å². The standard InChI is InChI=1S/C14H16O3/c1-2-3-4-8-11-17-14(16)13(15)12-9-6-5-7-10-12/h3-7,9-10H,2,8,11H2,1H3/b4-3+. The first kappa shape index (κ1) is 13.2. The third-order valence-corrected chi connectivity index (χ3v) is 2.14. The van der Waals surface area contributed by atoms with E-state index in [2.05, 4.69) is 0 Å². The Morgan fingerprint density at radius 3 is 2.53 bits per heavy atom. The molecule has 0 saturated carbocycles. The highest BCUT2D eigenvalue weighted by Gasteiger charge is 2.16. The van der Waals surface area contributed by atoms with Gasteiger partial charge in [0, 0.05) is 5.56 Å². The Kier molecular flexibility index (Phi) is 5.72. The summed E-state index contributed by atoms with van der Waals surface area (Å²) in [5.74, 6) is -1.38. The van der Waals surface area contributed by atoms with E-state index in [9.17, 15) is 9.59 Å². The molecule has 0 amide bonds. The van der Waals surface area contributed by atoms with Crippen molar-refractivity contribution in [2.45, 2.75) is 19.8 Å². The number of esters is 1. The van der Waals surface area contributed by atoms with Crippen LogP contribution < -0.4 is 0 Å². The summed E-state index contributed by atoms with van der Waals surface area (Å²) in [6, 6.07) is 8.41. The Hall–Kier alpha value is -1.90. The van der Waals surface area contributed by atoms with Gasteiger partial charge < -0.3 is 4.74 Å². The number of benzene rings is 1. The van der Waals surface area contributed by atoms with Gasteiger partial charge in [0.2, 0.25) is 0 Å². The maximum Gasteiger partial charge on any atom is 0.379 e. The molecular weight excluding hydrogens is 216 g/mol. The molecule has 0 unspecified atom stereocenters. The van der Waals surface area contributed by atoms with Gasteiger partial charge in [-0.1, -0.05) is 49.4 Å². The lowest BCUT2D eigenvalue weighted by atomic mass is 10.1. The molecular formula is C14H16O3. The highest BCUT2D eigenvalue weighted by atomic mass is 16.5. The Morgan fingerprint density at radius 2 is 1.88 bits per heavy atom. The van der Waals surface area contributed by atoms with Gasteiger partial charge in [-0.25, -0.2) is 4.79 Å². The second-order valence-electron chi connectivity index (χ2n) is 3.50. The van der Waals surface area contributed by atoms with Crippen LogP contribution in [-0.2, 0) is 9.53 Å². The zero-order chi connectivity index (χ0) is 12.5. The van der Waals surface area contributed by atoms with Crippen molar-refractivity contribution >= 4 is 11.8 Å². The summed E-state index contributed by atoms with van der Waals surface area (Å²) in [5.41, 5.74) is 0.363. The normalized spacial score (nSPS) is 10.4. The number of hydrogen-bond acceptors (Lipinski definition) is 3. The molecule has 1 rings (SSSR count). The van der Waals surface area contributed by atoms with Crippen LogP contribution in [0, 0.1) is 0 Å². The SMILES string of the molecule is CC/C=C/CCOC(=O)C(=O)c1ccccc1. The minimum atomic E-state index is -0.791. The first-order chi connectivity index (χ1) is 8.25. The average molecular weight is 232 g/mol. The van der Waals surface area contributed by atoms with Crippen LogP contribution in [0.15, 0.2) is 42.5 Å². The van der Waals surface area contributed by atoms with E-state index in [0.29, 0.717) is 12.0 Å². The van der Waals surface area contributed by atoms with Crippen LogP contribution in [0.2, 0.25) is 0 Å². The molecule has 90 valence electrons. The molecule has 3 heteroatoms. The molecule has 0 atom stereocenters. The second-order valence-corrected chi connectivity index (χ2v) is 3.50. The molecule has 0 radical (unpaired) electrons. The highest BCUT2D eigenvalue weighted by molar-refractivity contribution is 6.40. The lowest BCUT2D eigenvalue weighted by Gasteiger charge is -2.01. The number of carbonyl (C=O) groups is 2. The molecule has 17 heavy (non-hydrogen) atoms. The molecule has 0 saturated heterocycles. The van der Waals surface area contributed by atoms with E-state index in [4.69, 9.17) is 4.74 Å². The van der Waals surface area contributed by atoms with Crippen molar-refractivity contribution in [3.8, 4) is 0 Å². The van der Waals surface area contributed by atoms with Gasteiger partial charge in [-0.3, -0.25) is 4.79 Å². The molecule has 0 spiro atoms. The van der Waals surface area contributed by atoms with Gasteiger partial charge in [0.05, 0.1) is 6.61 Å². The van der Waals surface area contributed by atoms with Gasteiger partial charge in [-0.2, -0.15) is 0 Å². The number of hydrogen-bond donors (Lipinski definition) is 0. The Balaban J connectivity index is 2.38. The summed E-state index contributed by atoms with van der Waals surface area (Å²) in [6.45, 7) is 2.27. The first-order valence-electron chi connectivity index (χ1n) is 5.67. The molecule has 0 aliphatic heterocycles. The van der Waals surface area contributed by atoms with Crippen molar-refractivity contribution in [1.29, 1.82) is 0 Å². The number of ether oxygens (including phenoxy) is 1. The van der Waals surface area contributed by atoms with E-state index in [1.165, 1.54) is 0 Å². The van der Waals surface area contributed by atoms with Crippen molar-refractivity contribution < 1.29 is 14.3 Å². The van der Waals surface area contributed by atoms with Crippen molar-refractivity contribution in [2.24, 2.45) is 0 Å². The summed E-state index contributed by atoms with van der Waals surface area (Å²) >= 11 is 0. The van der Waals surface area contributed by atoms with E-state index in [-0.39, 0.29) is 6.61 Å². The molecule has 0 heterocycles. The van der Waals surface area contributed by atoms with Crippen molar-refractivity contribution in [2.75, 3.05) is 6.61 Å². The van der Waals surface area contributed by atoms with Crippen molar-refractivity contribution in [1.82, 2.24) is 0 Å². The summed E-state index contributed by atoms with van der Waals surface area (Å²) < 4.78 is 4.87. The number of rotatable bonds is 6. The molecule has 0 aromatic heterocycles. The summed E-state index contributed by atoms with van der Waals surface area (Å²) in [4.78, 5) is 23.0. The Labute approximate surface area is 101 Å². The molecule has 0 bridgehead atoms. The van der Waals surface area contributed by atoms with E-state index in [1.807, 2.05) is 19.1 Å². The first-order valence-corrected chi connectivity index (χ1v) is 5.67. The van der Waals surface area contributed by atoms with Crippen LogP contribution in [0.5, 0.6) is 0 Å². The fourth-order valence-electron chi connectivity index (χ4n) is 1.28. The Morgan fingerprint density at radius 1 is 1.18 bits per heavy atom. The predicted octanol–water partition coefficient (Wildman–Crippen LogP) is 2.77. The zero-order valence-corrected chi connectivity index (χ0v) is 9.89. The zero-order valence-electron chi connectivity index (χ0n) is 9.89. The minimum Gasteiger partial charge on any atom is -0.459 e. The van der Waals surface area contributed by atoms with Crippen LogP contribution in [0.3, 0.4) is 0 Å². The summed E-state index contributed by atoms with van der Waals surface area (Å²) in [5, 5.41) is 0. The monoisotopic (exact) mass is 232 g/mol. The predicted molar refractivity (Wildman–Crippen MR) is 65.8 cm³/mol. The maximum atomic E-state index is 11.6. The molecule has 1 aromatic carbocycles. The van der Waals surface area contributed by atoms with Gasteiger partial charge in [0.15, 0.2) is 0 Å². The lowest BCUT2D eigenvalue weighted by Crippen LogP contribution is -2.17. The third-order valence-electron chi connectivity index (χ3n) is 2.14. The highest BCUT2D eigenvalue weighted by Crippen LogP contribution is 2.01. The van der Waals surface area contributed by atoms with E-state index in [1.54, 1.807) is 30.3 Å². The number of ketones is 1. The van der Waals surface area contributed by atoms with E-state index in [0.717, 1.165) is 6.42 Å². The van der Waals surface area contributed by atoms with Crippen LogP contribution in [0.1, 0.15) is 30.1 Å². The van der Waals surface area contributed by atoms with E-state index < -0.39 is 11.8 Å². The second kappa shape index (κ2) is 7.39. The van der Waals surface area contributed by atoms with Gasteiger partial charge in [-0.15, -0.1) is 0 Å².